The average molecular weight is 1140 g/mol. The molecule has 0 saturated heterocycles. The molecule has 0 aliphatic rings. The first-order valence-electron chi connectivity index (χ1n) is 34.5. The third-order valence-corrected chi connectivity index (χ3v) is 15.3. The van der Waals surface area contributed by atoms with Gasteiger partial charge in [0.25, 0.3) is 6.29 Å². The van der Waals surface area contributed by atoms with Crippen molar-refractivity contribution in [1.82, 2.24) is 0 Å². The van der Waals surface area contributed by atoms with Crippen LogP contribution in [0.5, 0.6) is 0 Å². The van der Waals surface area contributed by atoms with E-state index in [0.29, 0.717) is 17.4 Å². The second kappa shape index (κ2) is 63.0. The van der Waals surface area contributed by atoms with Gasteiger partial charge in [0, 0.05) is 12.8 Å². The van der Waals surface area contributed by atoms with Gasteiger partial charge in [-0.25, -0.2) is 4.79 Å². The van der Waals surface area contributed by atoms with E-state index in [9.17, 15) is 19.5 Å². The van der Waals surface area contributed by atoms with Gasteiger partial charge >= 0.3 is 17.9 Å². The Morgan fingerprint density at radius 3 is 1.06 bits per heavy atom. The molecular weight excluding hydrogens is 1010 g/mol. The van der Waals surface area contributed by atoms with E-state index < -0.39 is 24.3 Å². The molecule has 9 heteroatoms. The van der Waals surface area contributed by atoms with E-state index in [0.717, 1.165) is 64.2 Å². The van der Waals surface area contributed by atoms with Crippen LogP contribution in [0.15, 0.2) is 60.8 Å². The maximum atomic E-state index is 12.9. The molecule has 0 aromatic heterocycles. The number of carbonyl (C=O) groups is 3. The van der Waals surface area contributed by atoms with Crippen molar-refractivity contribution in [2.24, 2.45) is 0 Å². The number of quaternary nitrogens is 1. The van der Waals surface area contributed by atoms with Crippen molar-refractivity contribution in [3.63, 3.8) is 0 Å². The largest absolute Gasteiger partial charge is 0.477 e. The van der Waals surface area contributed by atoms with Crippen LogP contribution in [0, 0.1) is 0 Å². The van der Waals surface area contributed by atoms with Crippen LogP contribution >= 0.6 is 0 Å². The molecule has 2 atom stereocenters. The summed E-state index contributed by atoms with van der Waals surface area (Å²) in [5.41, 5.74) is 0. The Kier molecular flexibility index (Phi) is 60.7. The summed E-state index contributed by atoms with van der Waals surface area (Å²) < 4.78 is 23.0. The van der Waals surface area contributed by atoms with Crippen molar-refractivity contribution in [3.05, 3.63) is 60.8 Å². The SMILES string of the molecule is CC/C=C\C/C=C\C/C=C\C/C=C\CCCCCCCCCCCCCCC(=O)OC(COC(=O)CCCCCCCCCCCCCCCCCCCCC/C=C\CCCCCCCCCC)COC(OCC[N+](C)(C)C)C(=O)O. The van der Waals surface area contributed by atoms with Crippen LogP contribution in [0.2, 0.25) is 0 Å². The van der Waals surface area contributed by atoms with Crippen LogP contribution in [-0.4, -0.2) is 87.4 Å². The lowest BCUT2D eigenvalue weighted by molar-refractivity contribution is -0.870. The second-order valence-corrected chi connectivity index (χ2v) is 24.5. The highest BCUT2D eigenvalue weighted by molar-refractivity contribution is 5.71. The molecule has 0 aromatic carbocycles. The Morgan fingerprint density at radius 2 is 0.704 bits per heavy atom. The number of ether oxygens (including phenoxy) is 4. The van der Waals surface area contributed by atoms with Crippen LogP contribution in [-0.2, 0) is 33.3 Å². The standard InChI is InChI=1S/C72H131NO8/c1-6-8-10-12-14-16-18-20-22-24-26-28-30-32-33-34-35-36-37-39-40-42-44-46-48-50-52-54-56-58-60-62-69(74)79-66-68(67-80-72(71(76)77)78-65-64-73(3,4)5)81-70(75)63-61-59-57-55-53-51-49-47-45-43-41-38-31-29-27-25-23-21-19-17-15-13-11-9-7-2/h9,11,15,17,21,23-24,26-27,29,68,72H,6-8,10,12-14,16,18-20,22,25,28,30-67H2,1-5H3/p+1/b11-9-,17-15-,23-21-,26-24-,29-27-. The summed E-state index contributed by atoms with van der Waals surface area (Å²) in [6.45, 7) is 4.81. The van der Waals surface area contributed by atoms with Crippen LogP contribution in [0.3, 0.4) is 0 Å². The van der Waals surface area contributed by atoms with Gasteiger partial charge in [0.1, 0.15) is 13.2 Å². The number of allylic oxidation sites excluding steroid dienone is 10. The fourth-order valence-corrected chi connectivity index (χ4v) is 10.0. The number of carboxylic acids is 1. The molecule has 2 unspecified atom stereocenters. The fraction of sp³-hybridized carbons (Fsp3) is 0.819. The first kappa shape index (κ1) is 78.0. The minimum Gasteiger partial charge on any atom is -0.477 e. The summed E-state index contributed by atoms with van der Waals surface area (Å²) in [4.78, 5) is 37.6. The maximum absolute atomic E-state index is 12.9. The topological polar surface area (TPSA) is 108 Å². The normalized spacial score (nSPS) is 13.0. The highest BCUT2D eigenvalue weighted by atomic mass is 16.7. The zero-order valence-electron chi connectivity index (χ0n) is 53.9. The van der Waals surface area contributed by atoms with Gasteiger partial charge in [0.15, 0.2) is 6.10 Å². The lowest BCUT2D eigenvalue weighted by Gasteiger charge is -2.25. The molecule has 0 fully saturated rings. The third-order valence-electron chi connectivity index (χ3n) is 15.3. The summed E-state index contributed by atoms with van der Waals surface area (Å²) in [7, 11) is 5.98. The number of carboxylic acid groups (broad SMARTS) is 1. The van der Waals surface area contributed by atoms with E-state index in [1.807, 2.05) is 21.1 Å². The Bertz CT molecular complexity index is 1510. The number of hydrogen-bond acceptors (Lipinski definition) is 7. The van der Waals surface area contributed by atoms with E-state index >= 15 is 0 Å². The van der Waals surface area contributed by atoms with Crippen molar-refractivity contribution >= 4 is 17.9 Å². The van der Waals surface area contributed by atoms with E-state index in [-0.39, 0.29) is 32.2 Å². The van der Waals surface area contributed by atoms with Gasteiger partial charge in [-0.2, -0.15) is 0 Å². The summed E-state index contributed by atoms with van der Waals surface area (Å²) in [5.74, 6) is -1.99. The molecule has 9 nitrogen and oxygen atoms in total. The predicted molar refractivity (Wildman–Crippen MR) is 346 cm³/mol. The smallest absolute Gasteiger partial charge is 0.361 e. The summed E-state index contributed by atoms with van der Waals surface area (Å²) >= 11 is 0. The van der Waals surface area contributed by atoms with Gasteiger partial charge in [-0.15, -0.1) is 0 Å². The van der Waals surface area contributed by atoms with E-state index in [2.05, 4.69) is 74.6 Å². The van der Waals surface area contributed by atoms with Crippen LogP contribution in [0.4, 0.5) is 0 Å². The second-order valence-electron chi connectivity index (χ2n) is 24.5. The minimum atomic E-state index is -1.51. The highest BCUT2D eigenvalue weighted by Gasteiger charge is 2.25. The van der Waals surface area contributed by atoms with E-state index in [4.69, 9.17) is 18.9 Å². The number of aliphatic carboxylic acids is 1. The Hall–Kier alpha value is -3.01. The molecule has 0 rings (SSSR count). The van der Waals surface area contributed by atoms with E-state index in [1.54, 1.807) is 0 Å². The van der Waals surface area contributed by atoms with Crippen LogP contribution < -0.4 is 0 Å². The van der Waals surface area contributed by atoms with Crippen molar-refractivity contribution < 1.29 is 42.9 Å². The molecule has 0 heterocycles. The number of likely N-dealkylation sites (N-methyl/N-ethyl adjacent to an activating group) is 1. The van der Waals surface area contributed by atoms with Crippen molar-refractivity contribution in [2.45, 2.75) is 334 Å². The Morgan fingerprint density at radius 1 is 0.383 bits per heavy atom. The number of rotatable bonds is 64. The summed E-state index contributed by atoms with van der Waals surface area (Å²) in [6.07, 6.45) is 79.0. The molecule has 0 radical (unpaired) electrons. The van der Waals surface area contributed by atoms with Crippen molar-refractivity contribution in [3.8, 4) is 0 Å². The molecule has 0 aliphatic heterocycles. The number of hydrogen-bond donors (Lipinski definition) is 1. The molecule has 81 heavy (non-hydrogen) atoms. The molecule has 0 spiro atoms. The Labute approximate surface area is 501 Å². The van der Waals surface area contributed by atoms with Crippen molar-refractivity contribution in [2.75, 3.05) is 47.5 Å². The summed E-state index contributed by atoms with van der Waals surface area (Å²) in [5, 5.41) is 9.74. The predicted octanol–water partition coefficient (Wildman–Crippen LogP) is 21.1. The molecule has 0 aromatic rings. The first-order valence-corrected chi connectivity index (χ1v) is 34.5. The van der Waals surface area contributed by atoms with Crippen LogP contribution in [0.25, 0.3) is 0 Å². The zero-order chi connectivity index (χ0) is 59.1. The molecule has 0 bridgehead atoms. The van der Waals surface area contributed by atoms with Gasteiger partial charge in [0.05, 0.1) is 34.4 Å². The van der Waals surface area contributed by atoms with E-state index in [1.165, 1.54) is 231 Å². The average Bonchev–Trinajstić information content (AvgIpc) is 3.44. The third kappa shape index (κ3) is 64.4. The Balaban J connectivity index is 4.08. The molecule has 472 valence electrons. The zero-order valence-corrected chi connectivity index (χ0v) is 53.9. The minimum absolute atomic E-state index is 0.181. The molecule has 0 aliphatic carbocycles. The van der Waals surface area contributed by atoms with Gasteiger partial charge < -0.3 is 28.5 Å². The number of carbonyl (C=O) groups excluding carboxylic acids is 2. The quantitative estimate of drug-likeness (QED) is 0.0211. The molecular formula is C72H132NO8+. The molecule has 0 saturated carbocycles. The highest BCUT2D eigenvalue weighted by Crippen LogP contribution is 2.18. The summed E-state index contributed by atoms with van der Waals surface area (Å²) in [6, 6.07) is 0. The number of unbranched alkanes of at least 4 members (excludes halogenated alkanes) is 39. The maximum Gasteiger partial charge on any atom is 0.361 e. The number of nitrogens with zero attached hydrogens (tertiary/aromatic N) is 1. The van der Waals surface area contributed by atoms with Gasteiger partial charge in [-0.3, -0.25) is 9.59 Å². The lowest BCUT2D eigenvalue weighted by atomic mass is 10.0. The van der Waals surface area contributed by atoms with Gasteiger partial charge in [0.2, 0.25) is 0 Å². The monoisotopic (exact) mass is 1140 g/mol. The van der Waals surface area contributed by atoms with Crippen molar-refractivity contribution in [1.29, 1.82) is 0 Å². The molecule has 0 amide bonds. The fourth-order valence-electron chi connectivity index (χ4n) is 10.0. The lowest BCUT2D eigenvalue weighted by Crippen LogP contribution is -2.40. The van der Waals surface area contributed by atoms with Crippen LogP contribution in [0.1, 0.15) is 322 Å². The first-order chi connectivity index (χ1) is 39.6. The van der Waals surface area contributed by atoms with Gasteiger partial charge in [-0.05, 0) is 77.0 Å². The number of esters is 2. The molecule has 1 N–H and O–H groups in total. The van der Waals surface area contributed by atoms with Gasteiger partial charge in [-0.1, -0.05) is 293 Å².